The summed E-state index contributed by atoms with van der Waals surface area (Å²) in [4.78, 5) is 9.40. The zero-order valence-electron chi connectivity index (χ0n) is 17.1. The molecule has 1 aromatic carbocycles. The lowest BCUT2D eigenvalue weighted by atomic mass is 10.2. The minimum Gasteiger partial charge on any atom is -0.494 e. The maximum atomic E-state index is 5.70. The van der Waals surface area contributed by atoms with Gasteiger partial charge >= 0.3 is 0 Å². The van der Waals surface area contributed by atoms with E-state index >= 15 is 0 Å². The van der Waals surface area contributed by atoms with Crippen LogP contribution in [0.5, 0.6) is 5.75 Å². The Morgan fingerprint density at radius 1 is 0.963 bits per heavy atom. The summed E-state index contributed by atoms with van der Waals surface area (Å²) >= 11 is 0. The lowest BCUT2D eigenvalue weighted by Crippen LogP contribution is -2.46. The van der Waals surface area contributed by atoms with Gasteiger partial charge in [-0.25, -0.2) is 0 Å². The van der Waals surface area contributed by atoms with E-state index in [2.05, 4.69) is 32.3 Å². The molecule has 0 spiro atoms. The van der Waals surface area contributed by atoms with Crippen molar-refractivity contribution < 1.29 is 4.74 Å². The minimum atomic E-state index is 0.708. The summed E-state index contributed by atoms with van der Waals surface area (Å²) in [6.45, 7) is 12.1. The summed E-state index contributed by atoms with van der Waals surface area (Å²) in [6, 6.07) is 9.95. The molecule has 1 aromatic rings. The van der Waals surface area contributed by atoms with Crippen LogP contribution in [0.3, 0.4) is 0 Å². The first kappa shape index (κ1) is 21.5. The molecule has 0 aliphatic carbocycles. The van der Waals surface area contributed by atoms with Crippen molar-refractivity contribution in [2.45, 2.75) is 26.2 Å². The van der Waals surface area contributed by atoms with E-state index < -0.39 is 0 Å². The second-order valence-corrected chi connectivity index (χ2v) is 6.92. The van der Waals surface area contributed by atoms with Gasteiger partial charge in [-0.3, -0.25) is 4.99 Å². The normalized spacial score (nSPS) is 16.3. The molecule has 0 atom stereocenters. The van der Waals surface area contributed by atoms with Crippen molar-refractivity contribution in [3.05, 3.63) is 30.3 Å². The fraction of sp³-hybridized carbons (Fsp3) is 0.667. The van der Waals surface area contributed by atoms with Crippen molar-refractivity contribution >= 4 is 5.96 Å². The Balaban J connectivity index is 1.44. The summed E-state index contributed by atoms with van der Waals surface area (Å²) in [5, 5.41) is 6.75. The van der Waals surface area contributed by atoms with E-state index in [0.717, 1.165) is 31.2 Å². The highest BCUT2D eigenvalue weighted by molar-refractivity contribution is 5.79. The van der Waals surface area contributed by atoms with Crippen LogP contribution in [0.15, 0.2) is 35.3 Å². The van der Waals surface area contributed by atoms with Crippen molar-refractivity contribution in [2.75, 3.05) is 66.0 Å². The number of aliphatic imine (C=N–C) groups is 1. The summed E-state index contributed by atoms with van der Waals surface area (Å²) in [5.41, 5.74) is 0. The Bertz CT molecular complexity index is 515. The molecule has 0 radical (unpaired) electrons. The molecule has 152 valence electrons. The van der Waals surface area contributed by atoms with Gasteiger partial charge in [0.25, 0.3) is 0 Å². The Morgan fingerprint density at radius 2 is 1.63 bits per heavy atom. The third-order valence-electron chi connectivity index (χ3n) is 4.95. The number of nitrogens with one attached hydrogen (secondary N) is 2. The fourth-order valence-electron chi connectivity index (χ4n) is 3.20. The highest BCUT2D eigenvalue weighted by Crippen LogP contribution is 2.08. The molecule has 27 heavy (non-hydrogen) atoms. The molecular weight excluding hydrogens is 338 g/mol. The van der Waals surface area contributed by atoms with Crippen LogP contribution in [-0.4, -0.2) is 81.8 Å². The van der Waals surface area contributed by atoms with Gasteiger partial charge in [0, 0.05) is 46.3 Å². The van der Waals surface area contributed by atoms with Gasteiger partial charge in [-0.05, 0) is 44.5 Å². The quantitative estimate of drug-likeness (QED) is 0.352. The summed E-state index contributed by atoms with van der Waals surface area (Å²) in [7, 11) is 1.82. The molecule has 1 fully saturated rings. The summed E-state index contributed by atoms with van der Waals surface area (Å²) in [5.74, 6) is 1.81. The smallest absolute Gasteiger partial charge is 0.190 e. The Hall–Kier alpha value is -1.79. The average Bonchev–Trinajstić information content (AvgIpc) is 2.73. The van der Waals surface area contributed by atoms with E-state index in [9.17, 15) is 0 Å². The van der Waals surface area contributed by atoms with Crippen LogP contribution in [-0.2, 0) is 0 Å². The van der Waals surface area contributed by atoms with E-state index in [1.165, 1.54) is 52.1 Å². The monoisotopic (exact) mass is 375 g/mol. The third-order valence-corrected chi connectivity index (χ3v) is 4.95. The van der Waals surface area contributed by atoms with Crippen molar-refractivity contribution in [1.82, 2.24) is 20.4 Å². The maximum Gasteiger partial charge on any atom is 0.190 e. The van der Waals surface area contributed by atoms with Gasteiger partial charge in [-0.2, -0.15) is 0 Å². The minimum absolute atomic E-state index is 0.708. The summed E-state index contributed by atoms with van der Waals surface area (Å²) in [6.07, 6.45) is 3.35. The van der Waals surface area contributed by atoms with Crippen LogP contribution in [0.1, 0.15) is 26.2 Å². The van der Waals surface area contributed by atoms with Gasteiger partial charge in [-0.15, -0.1) is 0 Å². The number of hydrogen-bond acceptors (Lipinski definition) is 4. The fourth-order valence-corrected chi connectivity index (χ4v) is 3.20. The molecule has 0 saturated carbocycles. The van der Waals surface area contributed by atoms with E-state index in [1.54, 1.807) is 0 Å². The van der Waals surface area contributed by atoms with Crippen LogP contribution >= 0.6 is 0 Å². The molecule has 1 aliphatic rings. The predicted octanol–water partition coefficient (Wildman–Crippen LogP) is 2.04. The van der Waals surface area contributed by atoms with Gasteiger partial charge in [0.1, 0.15) is 5.75 Å². The number of benzene rings is 1. The first-order valence-electron chi connectivity index (χ1n) is 10.4. The van der Waals surface area contributed by atoms with Crippen molar-refractivity contribution in [1.29, 1.82) is 0 Å². The molecule has 2 N–H and O–H groups in total. The molecule has 0 unspecified atom stereocenters. The number of hydrogen-bond donors (Lipinski definition) is 2. The molecule has 0 aromatic heterocycles. The standard InChI is InChI=1S/C21H37N5O/c1-3-25-15-17-26(18-16-25)14-8-7-12-23-21(22-2)24-13-9-19-27-20-10-5-4-6-11-20/h4-6,10-11H,3,7-9,12-19H2,1-2H3,(H2,22,23,24). The zero-order valence-corrected chi connectivity index (χ0v) is 17.1. The van der Waals surface area contributed by atoms with Crippen LogP contribution in [0.4, 0.5) is 0 Å². The molecule has 1 saturated heterocycles. The molecule has 1 aliphatic heterocycles. The number of nitrogens with zero attached hydrogens (tertiary/aromatic N) is 3. The van der Waals surface area contributed by atoms with Gasteiger partial charge in [0.15, 0.2) is 5.96 Å². The molecule has 6 heteroatoms. The number of piperazine rings is 1. The Morgan fingerprint density at radius 3 is 2.30 bits per heavy atom. The molecule has 2 rings (SSSR count). The number of rotatable bonds is 11. The molecule has 0 amide bonds. The number of ether oxygens (including phenoxy) is 1. The van der Waals surface area contributed by atoms with E-state index in [4.69, 9.17) is 4.74 Å². The van der Waals surface area contributed by atoms with E-state index in [1.807, 2.05) is 37.4 Å². The Labute approximate surface area is 165 Å². The topological polar surface area (TPSA) is 52.1 Å². The SMILES string of the molecule is CCN1CCN(CCCCNC(=NC)NCCCOc2ccccc2)CC1. The molecular formula is C21H37N5O. The van der Waals surface area contributed by atoms with Crippen LogP contribution in [0.25, 0.3) is 0 Å². The summed E-state index contributed by atoms with van der Waals surface area (Å²) < 4.78 is 5.70. The van der Waals surface area contributed by atoms with Crippen molar-refractivity contribution in [2.24, 2.45) is 4.99 Å². The number of likely N-dealkylation sites (N-methyl/N-ethyl adjacent to an activating group) is 1. The first-order valence-corrected chi connectivity index (χ1v) is 10.4. The van der Waals surface area contributed by atoms with Gasteiger partial charge in [-0.1, -0.05) is 25.1 Å². The molecule has 0 bridgehead atoms. The van der Waals surface area contributed by atoms with Crippen molar-refractivity contribution in [3.8, 4) is 5.75 Å². The van der Waals surface area contributed by atoms with Gasteiger partial charge in [0.2, 0.25) is 0 Å². The van der Waals surface area contributed by atoms with Crippen molar-refractivity contribution in [3.63, 3.8) is 0 Å². The highest BCUT2D eigenvalue weighted by Gasteiger charge is 2.14. The lowest BCUT2D eigenvalue weighted by Gasteiger charge is -2.34. The van der Waals surface area contributed by atoms with Gasteiger partial charge < -0.3 is 25.2 Å². The zero-order chi connectivity index (χ0) is 19.2. The average molecular weight is 376 g/mol. The second kappa shape index (κ2) is 13.4. The first-order chi connectivity index (χ1) is 13.3. The second-order valence-electron chi connectivity index (χ2n) is 6.92. The molecule has 1 heterocycles. The van der Waals surface area contributed by atoms with Crippen LogP contribution < -0.4 is 15.4 Å². The number of unbranched alkanes of at least 4 members (excludes halogenated alkanes) is 1. The number of para-hydroxylation sites is 1. The highest BCUT2D eigenvalue weighted by atomic mass is 16.5. The van der Waals surface area contributed by atoms with Crippen LogP contribution in [0, 0.1) is 0 Å². The third kappa shape index (κ3) is 9.11. The maximum absolute atomic E-state index is 5.70. The van der Waals surface area contributed by atoms with E-state index in [-0.39, 0.29) is 0 Å². The van der Waals surface area contributed by atoms with E-state index in [0.29, 0.717) is 6.61 Å². The molecule has 6 nitrogen and oxygen atoms in total. The lowest BCUT2D eigenvalue weighted by molar-refractivity contribution is 0.136. The predicted molar refractivity (Wildman–Crippen MR) is 114 cm³/mol. The largest absolute Gasteiger partial charge is 0.494 e. The Kier molecular flexibility index (Phi) is 10.7. The van der Waals surface area contributed by atoms with Gasteiger partial charge in [0.05, 0.1) is 6.61 Å². The number of guanidine groups is 1. The van der Waals surface area contributed by atoms with Crippen LogP contribution in [0.2, 0.25) is 0 Å².